The first kappa shape index (κ1) is 95.8. The summed E-state index contributed by atoms with van der Waals surface area (Å²) in [4.78, 5) is 53.0. The number of likely N-dealkylation sites (tertiary alicyclic amines) is 2. The number of piperidine rings is 2. The smallest absolute Gasteiger partial charge is 0.338 e. The number of aliphatic hydroxyl groups excluding tert-OH is 1. The molecule has 14 aromatic rings. The number of methoxy groups -OCH3 is 2. The van der Waals surface area contributed by atoms with E-state index in [1.165, 1.54) is 128 Å². The van der Waals surface area contributed by atoms with Crippen LogP contribution in [0.3, 0.4) is 0 Å². The monoisotopic (exact) mass is 1870 g/mol. The van der Waals surface area contributed by atoms with Crippen LogP contribution in [-0.2, 0) is 42.6 Å². The first-order valence-electron chi connectivity index (χ1n) is 40.5. The molecule has 0 radical (unpaired) electrons. The molecule has 0 atom stereocenters. The summed E-state index contributed by atoms with van der Waals surface area (Å²) in [6.07, 6.45) is 9.32. The van der Waals surface area contributed by atoms with Crippen LogP contribution in [0.2, 0.25) is 0 Å². The Balaban J connectivity index is 0.000000185. The summed E-state index contributed by atoms with van der Waals surface area (Å²) < 4.78 is 156. The van der Waals surface area contributed by atoms with E-state index >= 15 is 0 Å². The first-order chi connectivity index (χ1) is 62.8. The Morgan fingerprint density at radius 1 is 0.488 bits per heavy atom. The molecule has 0 spiro atoms. The number of carbonyl (C=O) groups is 4. The van der Waals surface area contributed by atoms with E-state index in [1.807, 2.05) is 25.3 Å². The van der Waals surface area contributed by atoms with Crippen LogP contribution in [0, 0.1) is 57.3 Å². The molecule has 0 bridgehead atoms. The van der Waals surface area contributed by atoms with Gasteiger partial charge in [0.1, 0.15) is 23.3 Å². The Hall–Kier alpha value is -13.9. The molecule has 1 amide bonds. The number of esters is 2. The van der Waals surface area contributed by atoms with Crippen LogP contribution in [0.15, 0.2) is 233 Å². The van der Waals surface area contributed by atoms with E-state index in [-0.39, 0.29) is 81.2 Å². The number of rotatable bonds is 17. The van der Waals surface area contributed by atoms with Crippen molar-refractivity contribution < 1.29 is 84.8 Å². The van der Waals surface area contributed by atoms with E-state index in [4.69, 9.17) is 33.6 Å². The summed E-state index contributed by atoms with van der Waals surface area (Å²) in [7, 11) is -2.37. The fourth-order valence-electron chi connectivity index (χ4n) is 13.4. The van der Waals surface area contributed by atoms with Crippen LogP contribution in [0.25, 0.3) is 66.4 Å². The van der Waals surface area contributed by atoms with Crippen LogP contribution in [0.1, 0.15) is 105 Å². The minimum atomic E-state index is -3.64. The number of carboxylic acids is 1. The largest absolute Gasteiger partial charge is 0.478 e. The molecule has 7 N–H and O–H groups in total. The molecule has 10 aromatic carbocycles. The van der Waals surface area contributed by atoms with Gasteiger partial charge in [0.05, 0.1) is 168 Å². The summed E-state index contributed by atoms with van der Waals surface area (Å²) >= 11 is 3.37. The average molecular weight is 1870 g/mol. The number of nitrogens with one attached hydrogen (secondary N) is 3. The molecule has 2 fully saturated rings. The summed E-state index contributed by atoms with van der Waals surface area (Å²) in [6.45, 7) is 6.07. The zero-order valence-electron chi connectivity index (χ0n) is 72.0. The summed E-state index contributed by atoms with van der Waals surface area (Å²) in [5.41, 5.74) is 13.8. The van der Waals surface area contributed by atoms with Gasteiger partial charge in [-0.15, -0.1) is 0 Å². The lowest BCUT2D eigenvalue weighted by Crippen LogP contribution is -2.43. The molecule has 0 saturated carbocycles. The molecule has 129 heavy (non-hydrogen) atoms. The number of sulfonamides is 2. The molecular weight excluding hydrogens is 1780 g/mol. The van der Waals surface area contributed by atoms with Gasteiger partial charge in [0, 0.05) is 57.8 Å². The molecule has 0 aliphatic carbocycles. The molecule has 16 rings (SSSR count). The zero-order valence-corrected chi connectivity index (χ0v) is 73.2. The van der Waals surface area contributed by atoms with Gasteiger partial charge in [-0.05, 0) is 254 Å². The number of nitrogens with two attached hydrogens (primary N) is 1. The van der Waals surface area contributed by atoms with Crippen molar-refractivity contribution in [3.63, 3.8) is 0 Å². The van der Waals surface area contributed by atoms with Crippen LogP contribution in [0.4, 0.5) is 26.3 Å². The van der Waals surface area contributed by atoms with Gasteiger partial charge in [-0.3, -0.25) is 13.6 Å². The standard InChI is InChI=1S/C28H27FN6O3S.C16H10FN3O2.C15H10BrFN2O2.C15H8FN3O2.C13H21N3O2S.C2H6O.2CH3F/c1-34-12-10-22(11-13-34)33-39(37,38)24-8-2-19(3-9-24)17-31-28(36)25-14-20(16-30)15-27-26(25)18-32-35(27)23-6-4-21(29)5-7-23;1-22-16(21)13-6-10(8-18)7-15-14(13)9-19-20(15)12-4-2-11(17)3-5-12;1-21-15(20)12-6-9(16)7-14-13(12)8-18-19(14)11-4-2-10(17)3-5-11;16-10-1-3-11(4-2-10)19-14-6-9(7-17)5-12(15(20)21)13(14)8-18-19;1-16-8-6-12(7-9-16)15-19(17,18)13-4-2-11(10-14)3-5-13;1-2-3;2*1-2/h2-9,14-15,18,22,33H,10-13,17H2,1H3,(H,31,36);2-7,9H,1H3;2-8H,1H3;1-6,8H,(H,20,21);2-5,12,15H,6-10,14H2,1H3;3H,2H2,1H3;2*1H3/i;;;;;;2*1D. The minimum Gasteiger partial charge on any atom is -0.478 e. The molecule has 38 heteroatoms. The Morgan fingerprint density at radius 2 is 0.775 bits per heavy atom. The highest BCUT2D eigenvalue weighted by Gasteiger charge is 2.27. The van der Waals surface area contributed by atoms with Crippen molar-refractivity contribution in [1.82, 2.24) is 63.7 Å². The Labute approximate surface area is 749 Å². The van der Waals surface area contributed by atoms with Gasteiger partial charge >= 0.3 is 17.9 Å². The number of aromatic nitrogens is 8. The number of amides is 1. The van der Waals surface area contributed by atoms with Crippen LogP contribution >= 0.6 is 15.9 Å². The van der Waals surface area contributed by atoms with E-state index in [0.717, 1.165) is 73.0 Å². The zero-order chi connectivity index (χ0) is 95.2. The lowest BCUT2D eigenvalue weighted by atomic mass is 10.1. The number of benzene rings is 10. The molecule has 4 aromatic heterocycles. The third-order valence-corrected chi connectivity index (χ3v) is 23.4. The number of halogens is 7. The molecule has 29 nitrogen and oxygen atoms in total. The van der Waals surface area contributed by atoms with Crippen molar-refractivity contribution in [2.24, 2.45) is 5.73 Å². The number of nitriles is 3. The molecule has 0 unspecified atom stereocenters. The summed E-state index contributed by atoms with van der Waals surface area (Å²) in [5, 5.41) is 66.5. The van der Waals surface area contributed by atoms with E-state index in [0.29, 0.717) is 83.4 Å². The predicted octanol–water partition coefficient (Wildman–Crippen LogP) is 14.3. The van der Waals surface area contributed by atoms with Gasteiger partial charge in [-0.2, -0.15) is 36.2 Å². The maximum Gasteiger partial charge on any atom is 0.338 e. The number of ether oxygens (including phenoxy) is 2. The second-order valence-electron chi connectivity index (χ2n) is 28.4. The number of carbonyl (C=O) groups excluding carboxylic acids is 3. The van der Waals surface area contributed by atoms with E-state index in [2.05, 4.69) is 74.0 Å². The van der Waals surface area contributed by atoms with Crippen molar-refractivity contribution in [2.45, 2.75) is 67.6 Å². The van der Waals surface area contributed by atoms with E-state index in [1.54, 1.807) is 124 Å². The fraction of sp³-hybridized carbons (Fsp3) is 0.220. The number of alkyl halides is 2. The van der Waals surface area contributed by atoms with Crippen LogP contribution < -0.4 is 20.5 Å². The van der Waals surface area contributed by atoms with Gasteiger partial charge < -0.3 is 40.5 Å². The quantitative estimate of drug-likeness (QED) is 0.0364. The SMILES string of the molecule is CCO.CN1CCC(NS(=O)(=O)c2ccc(CN)cc2)CC1.CN1CCC(NS(=O)(=O)c2ccc(CNC(=O)c3cc(C#N)cc4c3cnn4-c3ccc(F)cc3)cc2)CC1.COC(=O)c1cc(Br)cc2c1cnn2-c1ccc(F)cc1.COC(=O)c1cc(C#N)cc2c1cnn2-c1ccc(F)cc1.N#Cc1cc(C(=O)O)c2cnn(-c3ccc(F)cc3)c2c1.[2H]CF.[2H]CF. The number of aromatic carboxylic acids is 1. The highest BCUT2D eigenvalue weighted by atomic mass is 79.9. The number of carboxylic acid groups (broad SMARTS) is 1. The minimum absolute atomic E-state index is 0.0115. The van der Waals surface area contributed by atoms with Gasteiger partial charge in [0.25, 0.3) is 5.91 Å². The second kappa shape index (κ2) is 46.6. The highest BCUT2D eigenvalue weighted by molar-refractivity contribution is 9.10. The normalized spacial score (nSPS) is 12.9. The first-order valence-corrected chi connectivity index (χ1v) is 42.8. The Kier molecular flexibility index (Phi) is 34.6. The average Bonchev–Trinajstić information content (AvgIpc) is 1.64. The van der Waals surface area contributed by atoms with Crippen LogP contribution in [0.5, 0.6) is 0 Å². The molecule has 2 saturated heterocycles. The van der Waals surface area contributed by atoms with Gasteiger partial charge in [0.15, 0.2) is 0 Å². The number of hydrogen-bond donors (Lipinski definition) is 6. The van der Waals surface area contributed by atoms with E-state index in [9.17, 15) is 72.7 Å². The van der Waals surface area contributed by atoms with Crippen molar-refractivity contribution in [3.8, 4) is 41.0 Å². The Morgan fingerprint density at radius 3 is 1.09 bits per heavy atom. The third kappa shape index (κ3) is 25.5. The second-order valence-corrected chi connectivity index (χ2v) is 32.7. The number of fused-ring (bicyclic) bond motifs is 4. The van der Waals surface area contributed by atoms with Gasteiger partial charge in [0.2, 0.25) is 20.0 Å². The number of nitrogens with zero attached hydrogens (tertiary/aromatic N) is 13. The molecule has 670 valence electrons. The molecule has 6 heterocycles. The number of aliphatic hydroxyl groups is 1. The summed E-state index contributed by atoms with van der Waals surface area (Å²) in [6, 6.07) is 54.8. The Bertz CT molecular complexity index is 6670. The van der Waals surface area contributed by atoms with Crippen molar-refractivity contribution >= 4 is 103 Å². The maximum absolute atomic E-state index is 13.4. The van der Waals surface area contributed by atoms with Gasteiger partial charge in [-0.25, -0.2) is 77.0 Å². The van der Waals surface area contributed by atoms with Crippen molar-refractivity contribution in [2.75, 3.05) is 75.4 Å². The van der Waals surface area contributed by atoms with Crippen LogP contribution in [-0.4, -0.2) is 187 Å². The lowest BCUT2D eigenvalue weighted by molar-refractivity contribution is 0.0594. The molecule has 2 aliphatic rings. The van der Waals surface area contributed by atoms with E-state index < -0.39 is 58.2 Å². The van der Waals surface area contributed by atoms with Crippen molar-refractivity contribution in [3.05, 3.63) is 297 Å². The molecule has 2 aliphatic heterocycles. The maximum atomic E-state index is 13.4. The highest BCUT2D eigenvalue weighted by Crippen LogP contribution is 2.31. The lowest BCUT2D eigenvalue weighted by Gasteiger charge is -2.29. The van der Waals surface area contributed by atoms with Gasteiger partial charge in [-0.1, -0.05) is 40.2 Å². The molecular formula is C91H88BrF6N17O12S2. The number of hydrogen-bond acceptors (Lipinski definition) is 21. The van der Waals surface area contributed by atoms with Crippen molar-refractivity contribution in [1.29, 1.82) is 15.8 Å². The summed E-state index contributed by atoms with van der Waals surface area (Å²) in [5.74, 6) is -3.93. The predicted molar refractivity (Wildman–Crippen MR) is 476 cm³/mol. The topological polar surface area (TPSA) is 407 Å². The fourth-order valence-corrected chi connectivity index (χ4v) is 16.5. The third-order valence-electron chi connectivity index (χ3n) is 19.9.